The number of phenols is 1. The van der Waals surface area contributed by atoms with Crippen molar-refractivity contribution in [2.75, 3.05) is 20.3 Å². The molecule has 0 aromatic heterocycles. The molecule has 0 radical (unpaired) electrons. The number of carbonyl (C=O) groups excluding carboxylic acids is 2. The number of thioether (sulfide) groups is 1. The molecule has 0 aliphatic carbocycles. The van der Waals surface area contributed by atoms with Gasteiger partial charge in [-0.05, 0) is 59.8 Å². The van der Waals surface area contributed by atoms with E-state index in [-0.39, 0.29) is 29.6 Å². The predicted molar refractivity (Wildman–Crippen MR) is 99.2 cm³/mol. The van der Waals surface area contributed by atoms with Gasteiger partial charge in [0, 0.05) is 0 Å². The number of ether oxygens (including phenoxy) is 2. The number of phenolic OH excluding ortho intramolecular Hbond substituents is 1. The van der Waals surface area contributed by atoms with Gasteiger partial charge in [-0.1, -0.05) is 6.07 Å². The Morgan fingerprint density at radius 2 is 1.93 bits per heavy atom. The van der Waals surface area contributed by atoms with Gasteiger partial charge in [0.25, 0.3) is 11.1 Å². The van der Waals surface area contributed by atoms with E-state index in [0.717, 1.165) is 16.7 Å². The van der Waals surface area contributed by atoms with Crippen LogP contribution in [0.1, 0.15) is 5.56 Å². The van der Waals surface area contributed by atoms with Crippen molar-refractivity contribution in [2.45, 2.75) is 0 Å². The topological polar surface area (TPSA) is 76.1 Å². The van der Waals surface area contributed by atoms with E-state index >= 15 is 0 Å². The Morgan fingerprint density at radius 3 is 2.59 bits per heavy atom. The van der Waals surface area contributed by atoms with E-state index in [0.29, 0.717) is 17.1 Å². The van der Waals surface area contributed by atoms with Gasteiger partial charge in [0.05, 0.1) is 18.6 Å². The Morgan fingerprint density at radius 1 is 1.19 bits per heavy atom. The van der Waals surface area contributed by atoms with Crippen LogP contribution in [0.15, 0.2) is 47.4 Å². The van der Waals surface area contributed by atoms with Crippen LogP contribution in [-0.2, 0) is 4.79 Å². The van der Waals surface area contributed by atoms with Crippen molar-refractivity contribution < 1.29 is 28.6 Å². The quantitative estimate of drug-likeness (QED) is 0.760. The molecule has 1 saturated heterocycles. The molecular formula is C19H16FNO5S. The maximum Gasteiger partial charge on any atom is 0.293 e. The average Bonchev–Trinajstić information content (AvgIpc) is 2.91. The number of rotatable bonds is 6. The zero-order valence-corrected chi connectivity index (χ0v) is 15.2. The molecule has 1 N–H and O–H groups in total. The average molecular weight is 389 g/mol. The monoisotopic (exact) mass is 389 g/mol. The molecule has 0 spiro atoms. The van der Waals surface area contributed by atoms with E-state index in [2.05, 4.69) is 0 Å². The van der Waals surface area contributed by atoms with Crippen LogP contribution in [0, 0.1) is 5.82 Å². The van der Waals surface area contributed by atoms with Crippen molar-refractivity contribution in [1.29, 1.82) is 0 Å². The predicted octanol–water partition coefficient (Wildman–Crippen LogP) is 3.66. The third-order valence-corrected chi connectivity index (χ3v) is 4.68. The maximum absolute atomic E-state index is 12.9. The minimum atomic E-state index is -0.428. The Bertz CT molecular complexity index is 897. The van der Waals surface area contributed by atoms with Crippen LogP contribution in [0.5, 0.6) is 17.2 Å². The molecule has 1 heterocycles. The molecule has 2 aromatic carbocycles. The number of benzene rings is 2. The Hall–Kier alpha value is -3.00. The van der Waals surface area contributed by atoms with E-state index in [9.17, 15) is 19.1 Å². The van der Waals surface area contributed by atoms with Crippen LogP contribution in [0.3, 0.4) is 0 Å². The first-order valence-electron chi connectivity index (χ1n) is 7.98. The summed E-state index contributed by atoms with van der Waals surface area (Å²) in [4.78, 5) is 25.9. The van der Waals surface area contributed by atoms with E-state index in [1.54, 1.807) is 12.1 Å². The van der Waals surface area contributed by atoms with Crippen LogP contribution < -0.4 is 9.47 Å². The molecule has 27 heavy (non-hydrogen) atoms. The molecule has 8 heteroatoms. The first-order chi connectivity index (χ1) is 13.0. The smallest absolute Gasteiger partial charge is 0.293 e. The van der Waals surface area contributed by atoms with Gasteiger partial charge in [-0.3, -0.25) is 14.5 Å². The maximum atomic E-state index is 12.9. The number of carbonyl (C=O) groups is 2. The fraction of sp³-hybridized carbons (Fsp3) is 0.158. The van der Waals surface area contributed by atoms with Crippen molar-refractivity contribution in [3.63, 3.8) is 0 Å². The lowest BCUT2D eigenvalue weighted by Crippen LogP contribution is -2.32. The SMILES string of the molecule is COc1ccc(/C=C2\SC(=O)N(CCOc3ccc(F)cc3)C2=O)cc1O. The molecule has 3 rings (SSSR count). The number of hydrogen-bond acceptors (Lipinski definition) is 6. The molecule has 0 bridgehead atoms. The summed E-state index contributed by atoms with van der Waals surface area (Å²) in [5.41, 5.74) is 0.571. The van der Waals surface area contributed by atoms with Crippen molar-refractivity contribution >= 4 is 29.0 Å². The zero-order chi connectivity index (χ0) is 19.4. The van der Waals surface area contributed by atoms with E-state index in [4.69, 9.17) is 9.47 Å². The molecular weight excluding hydrogens is 373 g/mol. The lowest BCUT2D eigenvalue weighted by atomic mass is 10.2. The minimum Gasteiger partial charge on any atom is -0.504 e. The standard InChI is InChI=1S/C19H16FNO5S/c1-25-16-7-2-12(10-15(16)22)11-17-18(23)21(19(24)27-17)8-9-26-14-5-3-13(20)4-6-14/h2-7,10-11,22H,8-9H2,1H3/b17-11-. The molecule has 6 nitrogen and oxygen atoms in total. The van der Waals surface area contributed by atoms with Gasteiger partial charge in [-0.2, -0.15) is 0 Å². The normalized spacial score (nSPS) is 15.5. The van der Waals surface area contributed by atoms with E-state index in [1.165, 1.54) is 43.5 Å². The molecule has 1 fully saturated rings. The molecule has 2 aromatic rings. The van der Waals surface area contributed by atoms with Crippen LogP contribution >= 0.6 is 11.8 Å². The lowest BCUT2D eigenvalue weighted by Gasteiger charge is -2.13. The summed E-state index contributed by atoms with van der Waals surface area (Å²) >= 11 is 0.821. The summed E-state index contributed by atoms with van der Waals surface area (Å²) in [6.07, 6.45) is 1.53. The number of methoxy groups -OCH3 is 1. The van der Waals surface area contributed by atoms with Crippen molar-refractivity contribution in [3.05, 3.63) is 58.8 Å². The minimum absolute atomic E-state index is 0.0572. The van der Waals surface area contributed by atoms with Crippen LogP contribution in [-0.4, -0.2) is 41.4 Å². The summed E-state index contributed by atoms with van der Waals surface area (Å²) < 4.78 is 23.3. The second-order valence-electron chi connectivity index (χ2n) is 5.57. The number of halogens is 1. The largest absolute Gasteiger partial charge is 0.504 e. The molecule has 2 amide bonds. The highest BCUT2D eigenvalue weighted by Gasteiger charge is 2.34. The third-order valence-electron chi connectivity index (χ3n) is 3.77. The summed E-state index contributed by atoms with van der Waals surface area (Å²) in [5, 5.41) is 9.42. The third kappa shape index (κ3) is 4.40. The Balaban J connectivity index is 1.64. The van der Waals surface area contributed by atoms with Gasteiger partial charge in [-0.15, -0.1) is 0 Å². The summed E-state index contributed by atoms with van der Waals surface area (Å²) in [5.74, 6) is -0.0880. The molecule has 1 aliphatic heterocycles. The van der Waals surface area contributed by atoms with Crippen LogP contribution in [0.2, 0.25) is 0 Å². The lowest BCUT2D eigenvalue weighted by molar-refractivity contribution is -0.123. The Kier molecular flexibility index (Phi) is 5.66. The van der Waals surface area contributed by atoms with Crippen LogP contribution in [0.4, 0.5) is 9.18 Å². The van der Waals surface area contributed by atoms with Crippen molar-refractivity contribution in [1.82, 2.24) is 4.90 Å². The van der Waals surface area contributed by atoms with Gasteiger partial charge >= 0.3 is 0 Å². The number of hydrogen-bond donors (Lipinski definition) is 1. The first-order valence-corrected chi connectivity index (χ1v) is 8.80. The van der Waals surface area contributed by atoms with Gasteiger partial charge < -0.3 is 14.6 Å². The summed E-state index contributed by atoms with van der Waals surface area (Å²) in [6, 6.07) is 10.2. The number of imide groups is 1. The van der Waals surface area contributed by atoms with Gasteiger partial charge in [-0.25, -0.2) is 4.39 Å². The number of nitrogens with zero attached hydrogens (tertiary/aromatic N) is 1. The molecule has 1 aliphatic rings. The van der Waals surface area contributed by atoms with E-state index in [1.807, 2.05) is 0 Å². The molecule has 140 valence electrons. The highest BCUT2D eigenvalue weighted by molar-refractivity contribution is 8.18. The van der Waals surface area contributed by atoms with Gasteiger partial charge in [0.15, 0.2) is 11.5 Å². The fourth-order valence-electron chi connectivity index (χ4n) is 2.43. The van der Waals surface area contributed by atoms with Gasteiger partial charge in [0.1, 0.15) is 18.2 Å². The number of aromatic hydroxyl groups is 1. The highest BCUT2D eigenvalue weighted by Crippen LogP contribution is 2.34. The molecule has 0 atom stereocenters. The van der Waals surface area contributed by atoms with Gasteiger partial charge in [0.2, 0.25) is 0 Å². The second-order valence-corrected chi connectivity index (χ2v) is 6.56. The molecule has 0 unspecified atom stereocenters. The van der Waals surface area contributed by atoms with E-state index < -0.39 is 11.1 Å². The Labute approximate surface area is 159 Å². The van der Waals surface area contributed by atoms with Crippen molar-refractivity contribution in [3.8, 4) is 17.2 Å². The summed E-state index contributed by atoms with van der Waals surface area (Å²) in [7, 11) is 1.44. The fourth-order valence-corrected chi connectivity index (χ4v) is 3.29. The zero-order valence-electron chi connectivity index (χ0n) is 14.3. The summed E-state index contributed by atoms with van der Waals surface area (Å²) in [6.45, 7) is 0.174. The first kappa shape index (κ1) is 18.8. The second kappa shape index (κ2) is 8.13. The van der Waals surface area contributed by atoms with Crippen LogP contribution in [0.25, 0.3) is 6.08 Å². The highest BCUT2D eigenvalue weighted by atomic mass is 32.2. The number of amides is 2. The molecule has 0 saturated carbocycles. The van der Waals surface area contributed by atoms with Crippen molar-refractivity contribution in [2.24, 2.45) is 0 Å².